The van der Waals surface area contributed by atoms with Crippen LogP contribution in [0.2, 0.25) is 0 Å². The summed E-state index contributed by atoms with van der Waals surface area (Å²) in [6, 6.07) is 7.91. The van der Waals surface area contributed by atoms with E-state index < -0.39 is 0 Å². The van der Waals surface area contributed by atoms with E-state index in [4.69, 9.17) is 10.5 Å². The number of ether oxygens (including phenoxy) is 1. The van der Waals surface area contributed by atoms with Crippen LogP contribution in [0.25, 0.3) is 0 Å². The van der Waals surface area contributed by atoms with Gasteiger partial charge in [0.25, 0.3) is 0 Å². The van der Waals surface area contributed by atoms with Crippen molar-refractivity contribution in [3.63, 3.8) is 0 Å². The first-order valence-electron chi connectivity index (χ1n) is 9.10. The Balaban J connectivity index is 1.51. The van der Waals surface area contributed by atoms with Crippen molar-refractivity contribution in [2.75, 3.05) is 52.1 Å². The van der Waals surface area contributed by atoms with Gasteiger partial charge in [0, 0.05) is 38.3 Å². The fourth-order valence-corrected chi connectivity index (χ4v) is 2.98. The van der Waals surface area contributed by atoms with E-state index in [0.717, 1.165) is 56.2 Å². The maximum atomic E-state index is 5.99. The second-order valence-electron chi connectivity index (χ2n) is 6.71. The van der Waals surface area contributed by atoms with E-state index >= 15 is 0 Å². The normalized spacial score (nSPS) is 16.4. The number of aryl methyl sites for hydroxylation is 1. The van der Waals surface area contributed by atoms with Crippen LogP contribution in [0.5, 0.6) is 5.75 Å². The second-order valence-corrected chi connectivity index (χ2v) is 6.71. The number of nitrogen functional groups attached to an aromatic ring is 1. The molecule has 0 unspecified atom stereocenters. The number of hydrogen-bond donors (Lipinski definition) is 1. The lowest BCUT2D eigenvalue weighted by molar-refractivity contribution is 0.145. The number of rotatable bonds is 7. The van der Waals surface area contributed by atoms with Gasteiger partial charge in [0.1, 0.15) is 5.75 Å². The third kappa shape index (κ3) is 5.06. The lowest BCUT2D eigenvalue weighted by Gasteiger charge is -2.32. The summed E-state index contributed by atoms with van der Waals surface area (Å²) in [7, 11) is 2.18. The molecule has 7 heteroatoms. The van der Waals surface area contributed by atoms with Gasteiger partial charge in [0.2, 0.25) is 5.95 Å². The molecule has 0 saturated carbocycles. The van der Waals surface area contributed by atoms with Gasteiger partial charge in [0.05, 0.1) is 24.7 Å². The smallest absolute Gasteiger partial charge is 0.221 e. The van der Waals surface area contributed by atoms with E-state index in [1.165, 1.54) is 0 Å². The highest BCUT2D eigenvalue weighted by molar-refractivity contribution is 5.83. The number of benzene rings is 1. The Kier molecular flexibility index (Phi) is 6.25. The van der Waals surface area contributed by atoms with Crippen LogP contribution < -0.4 is 10.5 Å². The minimum absolute atomic E-state index is 0.379. The van der Waals surface area contributed by atoms with E-state index in [9.17, 15) is 0 Å². The van der Waals surface area contributed by atoms with Gasteiger partial charge in [-0.05, 0) is 32.5 Å². The average Bonchev–Trinajstić information content (AvgIpc) is 2.96. The van der Waals surface area contributed by atoms with Gasteiger partial charge >= 0.3 is 0 Å². The molecule has 0 aliphatic carbocycles. The van der Waals surface area contributed by atoms with Crippen molar-refractivity contribution >= 4 is 12.2 Å². The first kappa shape index (κ1) is 18.4. The number of likely N-dealkylation sites (N-methyl/N-ethyl adjacent to an activating group) is 1. The Morgan fingerprint density at radius 1 is 1.23 bits per heavy atom. The van der Waals surface area contributed by atoms with Gasteiger partial charge in [-0.2, -0.15) is 5.10 Å². The maximum Gasteiger partial charge on any atom is 0.221 e. The van der Waals surface area contributed by atoms with Crippen molar-refractivity contribution in [3.05, 3.63) is 41.7 Å². The molecule has 26 heavy (non-hydrogen) atoms. The van der Waals surface area contributed by atoms with Gasteiger partial charge in [-0.15, -0.1) is 0 Å². The zero-order valence-electron chi connectivity index (χ0n) is 15.6. The highest BCUT2D eigenvalue weighted by Gasteiger charge is 2.13. The average molecular weight is 356 g/mol. The van der Waals surface area contributed by atoms with Crippen LogP contribution in [0.15, 0.2) is 35.6 Å². The third-order valence-corrected chi connectivity index (χ3v) is 4.55. The Labute approximate surface area is 155 Å². The molecule has 2 aromatic rings. The molecule has 1 aliphatic rings. The molecule has 7 nitrogen and oxygen atoms in total. The van der Waals surface area contributed by atoms with Gasteiger partial charge in [-0.25, -0.2) is 9.66 Å². The summed E-state index contributed by atoms with van der Waals surface area (Å²) in [4.78, 5) is 9.02. The van der Waals surface area contributed by atoms with Crippen LogP contribution in [-0.4, -0.2) is 72.1 Å². The topological polar surface area (TPSA) is 71.9 Å². The number of imidazole rings is 1. The van der Waals surface area contributed by atoms with Crippen molar-refractivity contribution in [2.45, 2.75) is 13.3 Å². The first-order valence-corrected chi connectivity index (χ1v) is 9.10. The molecule has 140 valence electrons. The van der Waals surface area contributed by atoms with E-state index in [0.29, 0.717) is 12.6 Å². The minimum Gasteiger partial charge on any atom is -0.493 e. The van der Waals surface area contributed by atoms with E-state index in [2.05, 4.69) is 26.9 Å². The van der Waals surface area contributed by atoms with Crippen LogP contribution in [0, 0.1) is 6.92 Å². The number of piperazine rings is 1. The molecule has 0 atom stereocenters. The fraction of sp³-hybridized carbons (Fsp3) is 0.474. The molecule has 2 heterocycles. The van der Waals surface area contributed by atoms with Crippen LogP contribution in [0.4, 0.5) is 5.95 Å². The summed E-state index contributed by atoms with van der Waals surface area (Å²) in [5.41, 5.74) is 7.59. The predicted molar refractivity (Wildman–Crippen MR) is 105 cm³/mol. The molecular formula is C19H28N6O. The molecular weight excluding hydrogens is 328 g/mol. The molecule has 0 spiro atoms. The zero-order chi connectivity index (χ0) is 18.4. The number of nitrogens with two attached hydrogens (primary N) is 1. The molecule has 2 N–H and O–H groups in total. The zero-order valence-corrected chi connectivity index (χ0v) is 15.6. The maximum absolute atomic E-state index is 5.99. The Bertz CT molecular complexity index is 733. The largest absolute Gasteiger partial charge is 0.493 e. The molecule has 0 bridgehead atoms. The molecule has 0 radical (unpaired) electrons. The van der Waals surface area contributed by atoms with Crippen LogP contribution in [0.1, 0.15) is 17.7 Å². The lowest BCUT2D eigenvalue weighted by atomic mass is 10.2. The Hall–Kier alpha value is -2.38. The predicted octanol–water partition coefficient (Wildman–Crippen LogP) is 1.67. The third-order valence-electron chi connectivity index (χ3n) is 4.55. The SMILES string of the molecule is Cc1cn(N=Cc2ccccc2OCCCN2CCN(C)CC2)c(N)n1. The summed E-state index contributed by atoms with van der Waals surface area (Å²) in [6.45, 7) is 8.25. The van der Waals surface area contributed by atoms with E-state index in [1.54, 1.807) is 17.1 Å². The van der Waals surface area contributed by atoms with Crippen LogP contribution >= 0.6 is 0 Å². The van der Waals surface area contributed by atoms with E-state index in [1.807, 2.05) is 31.2 Å². The molecule has 1 fully saturated rings. The highest BCUT2D eigenvalue weighted by Crippen LogP contribution is 2.16. The summed E-state index contributed by atoms with van der Waals surface area (Å²) in [5.74, 6) is 1.22. The minimum atomic E-state index is 0.379. The molecule has 3 rings (SSSR count). The van der Waals surface area contributed by atoms with Gasteiger partial charge in [0.15, 0.2) is 0 Å². The van der Waals surface area contributed by atoms with Crippen molar-refractivity contribution in [3.8, 4) is 5.75 Å². The van der Waals surface area contributed by atoms with E-state index in [-0.39, 0.29) is 0 Å². The number of hydrogen-bond acceptors (Lipinski definition) is 6. The number of nitrogens with zero attached hydrogens (tertiary/aromatic N) is 5. The van der Waals surface area contributed by atoms with Crippen LogP contribution in [0.3, 0.4) is 0 Å². The monoisotopic (exact) mass is 356 g/mol. The summed E-state index contributed by atoms with van der Waals surface area (Å²) < 4.78 is 7.56. The fourth-order valence-electron chi connectivity index (χ4n) is 2.98. The quantitative estimate of drug-likeness (QED) is 0.604. The van der Waals surface area contributed by atoms with Crippen molar-refractivity contribution < 1.29 is 4.74 Å². The molecule has 1 aliphatic heterocycles. The Morgan fingerprint density at radius 3 is 2.73 bits per heavy atom. The van der Waals surface area contributed by atoms with Crippen LogP contribution in [-0.2, 0) is 0 Å². The summed E-state index contributed by atoms with van der Waals surface area (Å²) in [6.07, 6.45) is 4.57. The summed E-state index contributed by atoms with van der Waals surface area (Å²) in [5, 5.41) is 4.38. The molecule has 1 aromatic heterocycles. The molecule has 1 saturated heterocycles. The number of anilines is 1. The second kappa shape index (κ2) is 8.82. The number of para-hydroxylation sites is 1. The van der Waals surface area contributed by atoms with Gasteiger partial charge in [-0.1, -0.05) is 12.1 Å². The standard InChI is InChI=1S/C19H28N6O/c1-16-15-25(19(20)22-16)21-14-17-6-3-4-7-18(17)26-13-5-8-24-11-9-23(2)10-12-24/h3-4,6-7,14-15H,5,8-13H2,1-2H3,(H2,20,22). The van der Waals surface area contributed by atoms with Crippen molar-refractivity contribution in [1.82, 2.24) is 19.5 Å². The summed E-state index contributed by atoms with van der Waals surface area (Å²) >= 11 is 0. The van der Waals surface area contributed by atoms with Crippen molar-refractivity contribution in [2.24, 2.45) is 5.10 Å². The Morgan fingerprint density at radius 2 is 2.00 bits per heavy atom. The van der Waals surface area contributed by atoms with Gasteiger partial charge in [-0.3, -0.25) is 0 Å². The highest BCUT2D eigenvalue weighted by atomic mass is 16.5. The van der Waals surface area contributed by atoms with Crippen molar-refractivity contribution in [1.29, 1.82) is 0 Å². The number of aromatic nitrogens is 2. The van der Waals surface area contributed by atoms with Gasteiger partial charge < -0.3 is 20.3 Å². The first-order chi connectivity index (χ1) is 12.6. The molecule has 0 amide bonds. The molecule has 1 aromatic carbocycles. The lowest BCUT2D eigenvalue weighted by Crippen LogP contribution is -2.44.